The molecule has 0 aromatic carbocycles. The Hall–Kier alpha value is -1.94. The van der Waals surface area contributed by atoms with Crippen LogP contribution in [0.2, 0.25) is 0 Å². The zero-order valence-corrected chi connectivity index (χ0v) is 11.0. The molecule has 1 heterocycles. The van der Waals surface area contributed by atoms with Crippen molar-refractivity contribution >= 4 is 21.9 Å². The molecule has 0 saturated heterocycles. The number of amides is 1. The number of primary amides is 1. The number of aliphatic carboxylic acids is 1. The molecule has 1 unspecified atom stereocenters. The van der Waals surface area contributed by atoms with E-state index in [-0.39, 0.29) is 16.3 Å². The highest BCUT2D eigenvalue weighted by Crippen LogP contribution is 2.19. The van der Waals surface area contributed by atoms with Crippen LogP contribution >= 0.6 is 0 Å². The molecule has 0 aliphatic heterocycles. The van der Waals surface area contributed by atoms with Crippen LogP contribution in [0.4, 0.5) is 0 Å². The third-order valence-electron chi connectivity index (χ3n) is 2.24. The lowest BCUT2D eigenvalue weighted by Gasteiger charge is -2.12. The maximum Gasteiger partial charge on any atom is 0.322 e. The number of carbonyl (C=O) groups excluding carboxylic acids is 1. The lowest BCUT2D eigenvalue weighted by molar-refractivity contribution is -0.140. The summed E-state index contributed by atoms with van der Waals surface area (Å²) >= 11 is 0. The van der Waals surface area contributed by atoms with Crippen LogP contribution in [0, 0.1) is 13.8 Å². The topological polar surface area (TPSA) is 153 Å². The first-order valence-electron chi connectivity index (χ1n) is 5.11. The number of rotatable bonds is 6. The normalized spacial score (nSPS) is 13.2. The van der Waals surface area contributed by atoms with E-state index in [1.165, 1.54) is 13.8 Å². The summed E-state index contributed by atoms with van der Waals surface area (Å²) in [7, 11) is -4.16. The molecular formula is C9H13N3O6S. The van der Waals surface area contributed by atoms with Crippen molar-refractivity contribution in [2.75, 3.05) is 0 Å². The monoisotopic (exact) mass is 291 g/mol. The second-order valence-electron chi connectivity index (χ2n) is 3.84. The van der Waals surface area contributed by atoms with Crippen molar-refractivity contribution in [2.24, 2.45) is 5.73 Å². The molecule has 0 aliphatic carbocycles. The van der Waals surface area contributed by atoms with Gasteiger partial charge in [-0.15, -0.1) is 0 Å². The highest BCUT2D eigenvalue weighted by molar-refractivity contribution is 7.89. The Morgan fingerprint density at radius 3 is 2.42 bits per heavy atom. The largest absolute Gasteiger partial charge is 0.480 e. The smallest absolute Gasteiger partial charge is 0.322 e. The van der Waals surface area contributed by atoms with Gasteiger partial charge in [-0.2, -0.15) is 4.72 Å². The first kappa shape index (κ1) is 15.1. The molecule has 1 amide bonds. The molecular weight excluding hydrogens is 278 g/mol. The van der Waals surface area contributed by atoms with E-state index < -0.39 is 34.4 Å². The summed E-state index contributed by atoms with van der Waals surface area (Å²) < 4.78 is 30.6. The van der Waals surface area contributed by atoms with Gasteiger partial charge < -0.3 is 15.4 Å². The Bertz CT molecular complexity index is 586. The first-order valence-corrected chi connectivity index (χ1v) is 6.59. The summed E-state index contributed by atoms with van der Waals surface area (Å²) in [5.41, 5.74) is 4.95. The van der Waals surface area contributed by atoms with E-state index in [0.29, 0.717) is 0 Å². The van der Waals surface area contributed by atoms with E-state index in [0.717, 1.165) is 0 Å². The molecule has 9 nitrogen and oxygen atoms in total. The first-order chi connectivity index (χ1) is 8.65. The molecule has 1 aromatic heterocycles. The Labute approximate surface area is 108 Å². The number of hydrogen-bond donors (Lipinski definition) is 3. The summed E-state index contributed by atoms with van der Waals surface area (Å²) in [5.74, 6) is -2.42. The molecule has 19 heavy (non-hydrogen) atoms. The maximum atomic E-state index is 12.0. The van der Waals surface area contributed by atoms with Crippen molar-refractivity contribution in [1.29, 1.82) is 0 Å². The average molecular weight is 291 g/mol. The third kappa shape index (κ3) is 3.51. The molecule has 0 aliphatic rings. The van der Waals surface area contributed by atoms with Crippen LogP contribution in [0.1, 0.15) is 17.9 Å². The van der Waals surface area contributed by atoms with Crippen LogP contribution in [-0.4, -0.2) is 36.6 Å². The molecule has 10 heteroatoms. The van der Waals surface area contributed by atoms with Gasteiger partial charge in [0.2, 0.25) is 15.9 Å². The predicted octanol–water partition coefficient (Wildman–Crippen LogP) is -1.10. The minimum absolute atomic E-state index is 0.0215. The van der Waals surface area contributed by atoms with Crippen molar-refractivity contribution in [2.45, 2.75) is 31.2 Å². The van der Waals surface area contributed by atoms with Gasteiger partial charge in [0.1, 0.15) is 16.6 Å². The SMILES string of the molecule is Cc1noc(C)c1S(=O)(=O)NC(CC(N)=O)C(=O)O. The summed E-state index contributed by atoms with van der Waals surface area (Å²) in [5, 5.41) is 12.3. The molecule has 4 N–H and O–H groups in total. The Morgan fingerprint density at radius 1 is 1.47 bits per heavy atom. The predicted molar refractivity (Wildman–Crippen MR) is 61.5 cm³/mol. The van der Waals surface area contributed by atoms with Crippen LogP contribution in [0.15, 0.2) is 9.42 Å². The zero-order valence-electron chi connectivity index (χ0n) is 10.2. The number of nitrogens with one attached hydrogen (secondary N) is 1. The summed E-state index contributed by atoms with van der Waals surface area (Å²) in [6.07, 6.45) is -0.655. The van der Waals surface area contributed by atoms with Crippen LogP contribution in [-0.2, 0) is 19.6 Å². The van der Waals surface area contributed by atoms with Crippen LogP contribution in [0.3, 0.4) is 0 Å². The highest BCUT2D eigenvalue weighted by Gasteiger charge is 2.31. The van der Waals surface area contributed by atoms with Crippen molar-refractivity contribution in [3.05, 3.63) is 11.5 Å². The van der Waals surface area contributed by atoms with Crippen LogP contribution < -0.4 is 10.5 Å². The number of nitrogens with two attached hydrogens (primary N) is 1. The van der Waals surface area contributed by atoms with Crippen molar-refractivity contribution < 1.29 is 27.6 Å². The minimum atomic E-state index is -4.16. The van der Waals surface area contributed by atoms with Gasteiger partial charge in [0.15, 0.2) is 5.76 Å². The van der Waals surface area contributed by atoms with Gasteiger partial charge in [-0.1, -0.05) is 5.16 Å². The number of aryl methyl sites for hydroxylation is 2. The van der Waals surface area contributed by atoms with Gasteiger partial charge in [-0.3, -0.25) is 9.59 Å². The summed E-state index contributed by atoms with van der Waals surface area (Å²) in [6.45, 7) is 2.77. The number of carbonyl (C=O) groups is 2. The molecule has 0 saturated carbocycles. The molecule has 106 valence electrons. The lowest BCUT2D eigenvalue weighted by atomic mass is 10.2. The number of hydrogen-bond acceptors (Lipinski definition) is 6. The molecule has 0 radical (unpaired) electrons. The van der Waals surface area contributed by atoms with E-state index in [9.17, 15) is 18.0 Å². The number of nitrogens with zero attached hydrogens (tertiary/aromatic N) is 1. The van der Waals surface area contributed by atoms with Crippen molar-refractivity contribution in [3.63, 3.8) is 0 Å². The summed E-state index contributed by atoms with van der Waals surface area (Å²) in [6, 6.07) is -1.64. The molecule has 1 aromatic rings. The van der Waals surface area contributed by atoms with Crippen molar-refractivity contribution in [1.82, 2.24) is 9.88 Å². The van der Waals surface area contributed by atoms with E-state index >= 15 is 0 Å². The number of carboxylic acids is 1. The Morgan fingerprint density at radius 2 is 2.05 bits per heavy atom. The fraction of sp³-hybridized carbons (Fsp3) is 0.444. The average Bonchev–Trinajstić information content (AvgIpc) is 2.56. The van der Waals surface area contributed by atoms with Gasteiger partial charge in [-0.05, 0) is 13.8 Å². The van der Waals surface area contributed by atoms with Gasteiger partial charge in [0, 0.05) is 0 Å². The second kappa shape index (κ2) is 5.36. The van der Waals surface area contributed by atoms with Gasteiger partial charge in [0.25, 0.3) is 0 Å². The molecule has 0 fully saturated rings. The second-order valence-corrected chi connectivity index (χ2v) is 5.49. The fourth-order valence-corrected chi connectivity index (χ4v) is 3.00. The molecule has 0 spiro atoms. The van der Waals surface area contributed by atoms with Gasteiger partial charge >= 0.3 is 5.97 Å². The molecule has 1 atom stereocenters. The Kier molecular flexibility index (Phi) is 4.27. The quantitative estimate of drug-likeness (QED) is 0.601. The number of aromatic nitrogens is 1. The lowest BCUT2D eigenvalue weighted by Crippen LogP contribution is -2.43. The summed E-state index contributed by atoms with van der Waals surface area (Å²) in [4.78, 5) is 21.3. The van der Waals surface area contributed by atoms with E-state index in [1.807, 2.05) is 4.72 Å². The van der Waals surface area contributed by atoms with E-state index in [4.69, 9.17) is 15.4 Å². The molecule has 0 bridgehead atoms. The van der Waals surface area contributed by atoms with Crippen molar-refractivity contribution in [3.8, 4) is 0 Å². The number of sulfonamides is 1. The zero-order chi connectivity index (χ0) is 14.8. The fourth-order valence-electron chi connectivity index (χ4n) is 1.49. The highest BCUT2D eigenvalue weighted by atomic mass is 32.2. The van der Waals surface area contributed by atoms with E-state index in [2.05, 4.69) is 5.16 Å². The van der Waals surface area contributed by atoms with Gasteiger partial charge in [0.05, 0.1) is 6.42 Å². The van der Waals surface area contributed by atoms with Crippen LogP contribution in [0.25, 0.3) is 0 Å². The van der Waals surface area contributed by atoms with Crippen LogP contribution in [0.5, 0.6) is 0 Å². The number of carboxylic acid groups (broad SMARTS) is 1. The minimum Gasteiger partial charge on any atom is -0.480 e. The molecule has 1 rings (SSSR count). The Balaban J connectivity index is 3.08. The maximum absolute atomic E-state index is 12.0. The standard InChI is InChI=1S/C9H13N3O6S/c1-4-8(5(2)18-11-4)19(16,17)12-6(9(14)15)3-7(10)13/h6,12H,3H2,1-2H3,(H2,10,13)(H,14,15). The van der Waals surface area contributed by atoms with Gasteiger partial charge in [-0.25, -0.2) is 8.42 Å². The third-order valence-corrected chi connectivity index (χ3v) is 3.95. The van der Waals surface area contributed by atoms with E-state index in [1.54, 1.807) is 0 Å².